The molecule has 2 N–H and O–H groups in total. The van der Waals surface area contributed by atoms with Crippen LogP contribution in [0.3, 0.4) is 0 Å². The van der Waals surface area contributed by atoms with Crippen LogP contribution in [-0.4, -0.2) is 26.2 Å². The largest absolute Gasteiger partial charge is 0.496 e. The lowest BCUT2D eigenvalue weighted by Gasteiger charge is -2.11. The lowest BCUT2D eigenvalue weighted by molar-refractivity contribution is -0.142. The first-order valence-corrected chi connectivity index (χ1v) is 5.05. The summed E-state index contributed by atoms with van der Waals surface area (Å²) in [6, 6.07) is 5.13. The quantitative estimate of drug-likeness (QED) is 0.775. The number of hydrogen-bond donors (Lipinski definition) is 1. The van der Waals surface area contributed by atoms with Crippen LogP contribution in [-0.2, 0) is 16.0 Å². The van der Waals surface area contributed by atoms with Gasteiger partial charge >= 0.3 is 5.97 Å². The number of aryl methyl sites for hydroxylation is 1. The number of esters is 1. The highest BCUT2D eigenvalue weighted by Gasteiger charge is 2.14. The Morgan fingerprint density at radius 3 is 2.69 bits per heavy atom. The number of hydrogen-bond acceptors (Lipinski definition) is 4. The minimum atomic E-state index is -0.627. The first-order chi connectivity index (χ1) is 7.58. The smallest absolute Gasteiger partial charge is 0.322 e. The van der Waals surface area contributed by atoms with Gasteiger partial charge in [0, 0.05) is 0 Å². The maximum absolute atomic E-state index is 11.2. The van der Waals surface area contributed by atoms with Crippen molar-refractivity contribution in [3.63, 3.8) is 0 Å². The molecule has 0 aliphatic rings. The van der Waals surface area contributed by atoms with Gasteiger partial charge in [0.15, 0.2) is 0 Å². The summed E-state index contributed by atoms with van der Waals surface area (Å²) in [5.74, 6) is 0.397. The Kier molecular flexibility index (Phi) is 4.31. The topological polar surface area (TPSA) is 61.5 Å². The van der Waals surface area contributed by atoms with E-state index in [0.717, 1.165) is 16.9 Å². The van der Waals surface area contributed by atoms with Crippen LogP contribution in [0.4, 0.5) is 0 Å². The van der Waals surface area contributed by atoms with Gasteiger partial charge < -0.3 is 15.2 Å². The van der Waals surface area contributed by atoms with E-state index in [1.165, 1.54) is 7.11 Å². The van der Waals surface area contributed by atoms with Crippen molar-refractivity contribution in [3.05, 3.63) is 29.3 Å². The molecule has 16 heavy (non-hydrogen) atoms. The fourth-order valence-electron chi connectivity index (χ4n) is 1.48. The van der Waals surface area contributed by atoms with Gasteiger partial charge in [0.1, 0.15) is 11.8 Å². The highest BCUT2D eigenvalue weighted by molar-refractivity contribution is 5.75. The fraction of sp³-hybridized carbons (Fsp3) is 0.417. The lowest BCUT2D eigenvalue weighted by atomic mass is 10.0. The molecule has 0 unspecified atom stereocenters. The van der Waals surface area contributed by atoms with Crippen LogP contribution in [0.2, 0.25) is 0 Å². The van der Waals surface area contributed by atoms with Crippen molar-refractivity contribution >= 4 is 5.97 Å². The van der Waals surface area contributed by atoms with Gasteiger partial charge in [0.2, 0.25) is 0 Å². The summed E-state index contributed by atoms with van der Waals surface area (Å²) >= 11 is 0. The van der Waals surface area contributed by atoms with E-state index in [2.05, 4.69) is 4.74 Å². The van der Waals surface area contributed by atoms with Crippen molar-refractivity contribution in [2.45, 2.75) is 19.4 Å². The van der Waals surface area contributed by atoms with Crippen LogP contribution in [0, 0.1) is 6.92 Å². The van der Waals surface area contributed by atoms with Crippen molar-refractivity contribution < 1.29 is 14.3 Å². The van der Waals surface area contributed by atoms with Crippen LogP contribution in [0.1, 0.15) is 11.1 Å². The highest BCUT2D eigenvalue weighted by Crippen LogP contribution is 2.19. The van der Waals surface area contributed by atoms with Gasteiger partial charge in [-0.3, -0.25) is 4.79 Å². The molecule has 1 aromatic carbocycles. The summed E-state index contributed by atoms with van der Waals surface area (Å²) in [5.41, 5.74) is 7.69. The number of carbonyl (C=O) groups excluding carboxylic acids is 1. The predicted octanol–water partition coefficient (Wildman–Crippen LogP) is 1.05. The van der Waals surface area contributed by atoms with Gasteiger partial charge in [-0.15, -0.1) is 0 Å². The van der Waals surface area contributed by atoms with E-state index < -0.39 is 12.0 Å². The SMILES string of the molecule is COC(=O)[C@H](N)Cc1ccc(C)c(OC)c1. The molecule has 4 heteroatoms. The summed E-state index contributed by atoms with van der Waals surface area (Å²) in [6.45, 7) is 1.96. The molecule has 0 amide bonds. The van der Waals surface area contributed by atoms with E-state index in [1.807, 2.05) is 25.1 Å². The molecular weight excluding hydrogens is 206 g/mol. The molecule has 1 atom stereocenters. The highest BCUT2D eigenvalue weighted by atomic mass is 16.5. The minimum Gasteiger partial charge on any atom is -0.496 e. The van der Waals surface area contributed by atoms with Gasteiger partial charge in [-0.25, -0.2) is 0 Å². The van der Waals surface area contributed by atoms with Gasteiger partial charge in [0.25, 0.3) is 0 Å². The Bertz CT molecular complexity index is 377. The molecule has 0 bridgehead atoms. The molecule has 0 radical (unpaired) electrons. The summed E-state index contributed by atoms with van der Waals surface area (Å²) in [4.78, 5) is 11.2. The molecule has 0 heterocycles. The molecule has 0 fully saturated rings. The van der Waals surface area contributed by atoms with Crippen molar-refractivity contribution in [2.24, 2.45) is 5.73 Å². The Balaban J connectivity index is 2.78. The summed E-state index contributed by atoms with van der Waals surface area (Å²) < 4.78 is 9.77. The van der Waals surface area contributed by atoms with Crippen molar-refractivity contribution in [3.8, 4) is 5.75 Å². The van der Waals surface area contributed by atoms with Gasteiger partial charge in [-0.05, 0) is 30.5 Å². The standard InChI is InChI=1S/C12H17NO3/c1-8-4-5-9(7-11(8)15-2)6-10(13)12(14)16-3/h4-5,7,10H,6,13H2,1-3H3/t10-/m1/s1. The minimum absolute atomic E-state index is 0.403. The van der Waals surface area contributed by atoms with E-state index in [1.54, 1.807) is 7.11 Å². The first-order valence-electron chi connectivity index (χ1n) is 5.05. The van der Waals surface area contributed by atoms with Crippen LogP contribution in [0.25, 0.3) is 0 Å². The molecule has 0 aliphatic heterocycles. The third-order valence-corrected chi connectivity index (χ3v) is 2.43. The maximum Gasteiger partial charge on any atom is 0.322 e. The zero-order chi connectivity index (χ0) is 12.1. The maximum atomic E-state index is 11.2. The Hall–Kier alpha value is -1.55. The number of benzene rings is 1. The van der Waals surface area contributed by atoms with Gasteiger partial charge in [-0.1, -0.05) is 12.1 Å². The van der Waals surface area contributed by atoms with Crippen molar-refractivity contribution in [2.75, 3.05) is 14.2 Å². The van der Waals surface area contributed by atoms with E-state index in [4.69, 9.17) is 10.5 Å². The number of rotatable bonds is 4. The number of carbonyl (C=O) groups is 1. The summed E-state index contributed by atoms with van der Waals surface area (Å²) in [5, 5.41) is 0. The molecule has 0 spiro atoms. The van der Waals surface area contributed by atoms with E-state index in [-0.39, 0.29) is 0 Å². The molecule has 0 aromatic heterocycles. The number of nitrogens with two attached hydrogens (primary N) is 1. The summed E-state index contributed by atoms with van der Waals surface area (Å²) in [7, 11) is 2.95. The fourth-order valence-corrected chi connectivity index (χ4v) is 1.48. The van der Waals surface area contributed by atoms with Gasteiger partial charge in [0.05, 0.1) is 14.2 Å². The number of ether oxygens (including phenoxy) is 2. The van der Waals surface area contributed by atoms with Crippen LogP contribution < -0.4 is 10.5 Å². The van der Waals surface area contributed by atoms with Crippen LogP contribution in [0.15, 0.2) is 18.2 Å². The Labute approximate surface area is 95.3 Å². The lowest BCUT2D eigenvalue weighted by Crippen LogP contribution is -2.33. The Morgan fingerprint density at radius 2 is 2.12 bits per heavy atom. The summed E-state index contributed by atoms with van der Waals surface area (Å²) in [6.07, 6.45) is 0.448. The molecular formula is C12H17NO3. The zero-order valence-corrected chi connectivity index (χ0v) is 9.82. The first kappa shape index (κ1) is 12.5. The van der Waals surface area contributed by atoms with Crippen molar-refractivity contribution in [1.82, 2.24) is 0 Å². The third kappa shape index (κ3) is 2.97. The molecule has 1 rings (SSSR count). The van der Waals surface area contributed by atoms with Gasteiger partial charge in [-0.2, -0.15) is 0 Å². The van der Waals surface area contributed by atoms with Crippen LogP contribution >= 0.6 is 0 Å². The molecule has 4 nitrogen and oxygen atoms in total. The Morgan fingerprint density at radius 1 is 1.44 bits per heavy atom. The molecule has 0 aliphatic carbocycles. The second kappa shape index (κ2) is 5.51. The van der Waals surface area contributed by atoms with E-state index >= 15 is 0 Å². The molecule has 0 saturated carbocycles. The molecule has 0 saturated heterocycles. The molecule has 1 aromatic rings. The molecule has 88 valence electrons. The monoisotopic (exact) mass is 223 g/mol. The average Bonchev–Trinajstić information content (AvgIpc) is 2.30. The second-order valence-electron chi connectivity index (χ2n) is 3.64. The van der Waals surface area contributed by atoms with Crippen molar-refractivity contribution in [1.29, 1.82) is 0 Å². The zero-order valence-electron chi connectivity index (χ0n) is 9.82. The second-order valence-corrected chi connectivity index (χ2v) is 3.64. The van der Waals surface area contributed by atoms with E-state index in [9.17, 15) is 4.79 Å². The van der Waals surface area contributed by atoms with Crippen LogP contribution in [0.5, 0.6) is 5.75 Å². The average molecular weight is 223 g/mol. The predicted molar refractivity (Wildman–Crippen MR) is 61.4 cm³/mol. The third-order valence-electron chi connectivity index (χ3n) is 2.43. The number of methoxy groups -OCH3 is 2. The normalized spacial score (nSPS) is 12.0. The van der Waals surface area contributed by atoms with E-state index in [0.29, 0.717) is 6.42 Å².